The quantitative estimate of drug-likeness (QED) is 0.809. The number of hydrogen-bond donors (Lipinski definition) is 0. The van der Waals surface area contributed by atoms with E-state index in [-0.39, 0.29) is 5.82 Å². The lowest BCUT2D eigenvalue weighted by Crippen LogP contribution is -2.30. The molecule has 0 unspecified atom stereocenters. The number of fused-ring (bicyclic) bond motifs is 1. The molecule has 0 saturated carbocycles. The standard InChI is InChI=1S/C14H14FN3/c15-13-3-1-11(2-4-13)8-18-6-5-12-7-16-10-17-14(12)9-18/h1-4,7,10H,5-6,8-9H2. The molecule has 4 heteroatoms. The second kappa shape index (κ2) is 4.82. The van der Waals surface area contributed by atoms with Crippen LogP contribution in [0.3, 0.4) is 0 Å². The van der Waals surface area contributed by atoms with Gasteiger partial charge in [0.15, 0.2) is 0 Å². The topological polar surface area (TPSA) is 29.0 Å². The fourth-order valence-corrected chi connectivity index (χ4v) is 2.29. The van der Waals surface area contributed by atoms with Gasteiger partial charge in [0, 0.05) is 25.8 Å². The van der Waals surface area contributed by atoms with E-state index < -0.39 is 0 Å². The fourth-order valence-electron chi connectivity index (χ4n) is 2.29. The van der Waals surface area contributed by atoms with Crippen molar-refractivity contribution in [2.24, 2.45) is 0 Å². The predicted octanol–water partition coefficient (Wildman–Crippen LogP) is 2.17. The molecule has 0 amide bonds. The Morgan fingerprint density at radius 2 is 2.06 bits per heavy atom. The Bertz CT molecular complexity index is 539. The zero-order valence-corrected chi connectivity index (χ0v) is 10.0. The van der Waals surface area contributed by atoms with Gasteiger partial charge in [-0.25, -0.2) is 14.4 Å². The van der Waals surface area contributed by atoms with Crippen LogP contribution in [0.1, 0.15) is 16.8 Å². The molecule has 0 fully saturated rings. The normalized spacial score (nSPS) is 15.4. The molecule has 1 aromatic heterocycles. The van der Waals surface area contributed by atoms with E-state index in [1.807, 2.05) is 18.3 Å². The van der Waals surface area contributed by atoms with Crippen molar-refractivity contribution in [2.45, 2.75) is 19.5 Å². The Labute approximate surface area is 105 Å². The summed E-state index contributed by atoms with van der Waals surface area (Å²) in [5, 5.41) is 0. The molecular weight excluding hydrogens is 229 g/mol. The van der Waals surface area contributed by atoms with Crippen molar-refractivity contribution in [3.63, 3.8) is 0 Å². The lowest BCUT2D eigenvalue weighted by Gasteiger charge is -2.27. The SMILES string of the molecule is Fc1ccc(CN2CCc3cncnc3C2)cc1. The minimum absolute atomic E-state index is 0.185. The van der Waals surface area contributed by atoms with Gasteiger partial charge in [-0.15, -0.1) is 0 Å². The van der Waals surface area contributed by atoms with E-state index in [0.29, 0.717) is 0 Å². The zero-order valence-electron chi connectivity index (χ0n) is 10.0. The van der Waals surface area contributed by atoms with Crippen LogP contribution < -0.4 is 0 Å². The highest BCUT2D eigenvalue weighted by atomic mass is 19.1. The highest BCUT2D eigenvalue weighted by Crippen LogP contribution is 2.17. The Morgan fingerprint density at radius 3 is 2.89 bits per heavy atom. The van der Waals surface area contributed by atoms with Crippen LogP contribution in [0.5, 0.6) is 0 Å². The van der Waals surface area contributed by atoms with Gasteiger partial charge < -0.3 is 0 Å². The first kappa shape index (κ1) is 11.3. The summed E-state index contributed by atoms with van der Waals surface area (Å²) >= 11 is 0. The average Bonchev–Trinajstić information content (AvgIpc) is 2.41. The van der Waals surface area contributed by atoms with E-state index in [9.17, 15) is 4.39 Å². The summed E-state index contributed by atoms with van der Waals surface area (Å²) in [7, 11) is 0. The van der Waals surface area contributed by atoms with Gasteiger partial charge in [0.25, 0.3) is 0 Å². The van der Waals surface area contributed by atoms with Crippen LogP contribution >= 0.6 is 0 Å². The van der Waals surface area contributed by atoms with Gasteiger partial charge >= 0.3 is 0 Å². The third-order valence-corrected chi connectivity index (χ3v) is 3.27. The number of hydrogen-bond acceptors (Lipinski definition) is 3. The first-order valence-electron chi connectivity index (χ1n) is 6.06. The molecule has 2 heterocycles. The number of halogens is 1. The van der Waals surface area contributed by atoms with E-state index in [0.717, 1.165) is 37.3 Å². The summed E-state index contributed by atoms with van der Waals surface area (Å²) in [6, 6.07) is 6.69. The molecular formula is C14H14FN3. The van der Waals surface area contributed by atoms with E-state index in [4.69, 9.17) is 0 Å². The van der Waals surface area contributed by atoms with Crippen LogP contribution in [0.15, 0.2) is 36.8 Å². The van der Waals surface area contributed by atoms with Crippen LogP contribution in [0, 0.1) is 5.82 Å². The van der Waals surface area contributed by atoms with Crippen LogP contribution in [0.4, 0.5) is 4.39 Å². The Morgan fingerprint density at radius 1 is 1.22 bits per heavy atom. The lowest BCUT2D eigenvalue weighted by atomic mass is 10.1. The van der Waals surface area contributed by atoms with Gasteiger partial charge in [0.05, 0.1) is 5.69 Å². The monoisotopic (exact) mass is 243 g/mol. The summed E-state index contributed by atoms with van der Waals surface area (Å²) in [4.78, 5) is 10.7. The summed E-state index contributed by atoms with van der Waals surface area (Å²) in [5.74, 6) is -0.185. The Balaban J connectivity index is 1.71. The zero-order chi connectivity index (χ0) is 12.4. The minimum atomic E-state index is -0.185. The van der Waals surface area contributed by atoms with Crippen molar-refractivity contribution in [1.29, 1.82) is 0 Å². The van der Waals surface area contributed by atoms with Gasteiger partial charge in [0.2, 0.25) is 0 Å². The van der Waals surface area contributed by atoms with E-state index in [1.54, 1.807) is 6.33 Å². The molecule has 0 bridgehead atoms. The average molecular weight is 243 g/mol. The maximum atomic E-state index is 12.8. The van der Waals surface area contributed by atoms with Crippen LogP contribution in [0.25, 0.3) is 0 Å². The van der Waals surface area contributed by atoms with Gasteiger partial charge in [-0.1, -0.05) is 12.1 Å². The first-order valence-corrected chi connectivity index (χ1v) is 6.06. The molecule has 0 saturated heterocycles. The Hall–Kier alpha value is -1.81. The molecule has 1 aliphatic rings. The van der Waals surface area contributed by atoms with Crippen molar-refractivity contribution in [3.05, 3.63) is 59.4 Å². The van der Waals surface area contributed by atoms with Crippen molar-refractivity contribution < 1.29 is 4.39 Å². The minimum Gasteiger partial charge on any atom is -0.293 e. The van der Waals surface area contributed by atoms with Crippen LogP contribution in [-0.2, 0) is 19.5 Å². The molecule has 0 atom stereocenters. The summed E-state index contributed by atoms with van der Waals surface area (Å²) in [6.45, 7) is 2.68. The number of benzene rings is 1. The molecule has 92 valence electrons. The molecule has 3 nitrogen and oxygen atoms in total. The molecule has 0 aliphatic carbocycles. The third kappa shape index (κ3) is 2.38. The van der Waals surface area contributed by atoms with E-state index >= 15 is 0 Å². The second-order valence-electron chi connectivity index (χ2n) is 4.58. The van der Waals surface area contributed by atoms with Gasteiger partial charge in [-0.3, -0.25) is 4.90 Å². The highest BCUT2D eigenvalue weighted by molar-refractivity contribution is 5.20. The predicted molar refractivity (Wildman–Crippen MR) is 66.3 cm³/mol. The first-order chi connectivity index (χ1) is 8.81. The molecule has 1 aromatic carbocycles. The van der Waals surface area contributed by atoms with Gasteiger partial charge in [-0.05, 0) is 29.7 Å². The van der Waals surface area contributed by atoms with Crippen molar-refractivity contribution >= 4 is 0 Å². The summed E-state index contributed by atoms with van der Waals surface area (Å²) in [6.07, 6.45) is 4.48. The summed E-state index contributed by atoms with van der Waals surface area (Å²) in [5.41, 5.74) is 3.49. The molecule has 3 rings (SSSR count). The fraction of sp³-hybridized carbons (Fsp3) is 0.286. The van der Waals surface area contributed by atoms with Gasteiger partial charge in [0.1, 0.15) is 12.1 Å². The molecule has 0 spiro atoms. The maximum absolute atomic E-state index is 12.8. The van der Waals surface area contributed by atoms with Crippen LogP contribution in [-0.4, -0.2) is 21.4 Å². The van der Waals surface area contributed by atoms with Crippen molar-refractivity contribution in [2.75, 3.05) is 6.54 Å². The molecule has 0 radical (unpaired) electrons. The smallest absolute Gasteiger partial charge is 0.123 e. The third-order valence-electron chi connectivity index (χ3n) is 3.27. The largest absolute Gasteiger partial charge is 0.293 e. The number of aromatic nitrogens is 2. The van der Waals surface area contributed by atoms with E-state index in [2.05, 4.69) is 14.9 Å². The summed E-state index contributed by atoms with van der Waals surface area (Å²) < 4.78 is 12.8. The molecule has 2 aromatic rings. The number of rotatable bonds is 2. The lowest BCUT2D eigenvalue weighted by molar-refractivity contribution is 0.241. The maximum Gasteiger partial charge on any atom is 0.123 e. The van der Waals surface area contributed by atoms with Crippen molar-refractivity contribution in [3.8, 4) is 0 Å². The highest BCUT2D eigenvalue weighted by Gasteiger charge is 2.17. The second-order valence-corrected chi connectivity index (χ2v) is 4.58. The molecule has 1 aliphatic heterocycles. The number of nitrogens with zero attached hydrogens (tertiary/aromatic N) is 3. The van der Waals surface area contributed by atoms with Crippen LogP contribution in [0.2, 0.25) is 0 Å². The molecule has 0 N–H and O–H groups in total. The van der Waals surface area contributed by atoms with Gasteiger partial charge in [-0.2, -0.15) is 0 Å². The van der Waals surface area contributed by atoms with E-state index in [1.165, 1.54) is 17.7 Å². The van der Waals surface area contributed by atoms with Crippen molar-refractivity contribution in [1.82, 2.24) is 14.9 Å². The Kier molecular flexibility index (Phi) is 3.02. The molecule has 18 heavy (non-hydrogen) atoms.